The molecule has 2 N–H and O–H groups in total. The molecule has 4 nitrogen and oxygen atoms in total. The molecule has 1 aromatic rings. The summed E-state index contributed by atoms with van der Waals surface area (Å²) in [7, 11) is 0. The zero-order valence-corrected chi connectivity index (χ0v) is 11.7. The van der Waals surface area contributed by atoms with Gasteiger partial charge in [-0.1, -0.05) is 25.2 Å². The highest BCUT2D eigenvalue weighted by molar-refractivity contribution is 5.94. The molecule has 0 bridgehead atoms. The summed E-state index contributed by atoms with van der Waals surface area (Å²) in [6.07, 6.45) is 5.19. The van der Waals surface area contributed by atoms with Gasteiger partial charge in [0, 0.05) is 12.7 Å². The van der Waals surface area contributed by atoms with Crippen LogP contribution in [-0.2, 0) is 0 Å². The quantitative estimate of drug-likeness (QED) is 0.821. The molecule has 0 aromatic carbocycles. The number of carbonyl (C=O) groups excluding carboxylic acids is 1. The lowest BCUT2D eigenvalue weighted by Crippen LogP contribution is -2.29. The molecular formula is C16H20N2O2. The first kappa shape index (κ1) is 14.5. The van der Waals surface area contributed by atoms with Crippen molar-refractivity contribution in [3.8, 4) is 11.8 Å². The molecule has 2 atom stereocenters. The summed E-state index contributed by atoms with van der Waals surface area (Å²) in [6, 6.07) is 3.47. The van der Waals surface area contributed by atoms with Crippen LogP contribution >= 0.6 is 0 Å². The van der Waals surface area contributed by atoms with Gasteiger partial charge in [0.05, 0.1) is 5.56 Å². The predicted octanol–water partition coefficient (Wildman–Crippen LogP) is 1.59. The van der Waals surface area contributed by atoms with Crippen LogP contribution in [0.5, 0.6) is 0 Å². The third kappa shape index (κ3) is 3.82. The lowest BCUT2D eigenvalue weighted by atomic mass is 10.1. The highest BCUT2D eigenvalue weighted by Gasteiger charge is 2.22. The van der Waals surface area contributed by atoms with Crippen LogP contribution in [0.3, 0.4) is 0 Å². The minimum absolute atomic E-state index is 0.188. The van der Waals surface area contributed by atoms with Crippen molar-refractivity contribution in [1.29, 1.82) is 0 Å². The minimum atomic E-state index is -0.226. The number of aliphatic hydroxyl groups is 1. The largest absolute Gasteiger partial charge is 0.384 e. The molecular weight excluding hydrogens is 252 g/mol. The predicted molar refractivity (Wildman–Crippen MR) is 77.0 cm³/mol. The molecule has 0 spiro atoms. The van der Waals surface area contributed by atoms with Gasteiger partial charge in [-0.15, -0.1) is 0 Å². The second-order valence-corrected chi connectivity index (χ2v) is 5.35. The van der Waals surface area contributed by atoms with E-state index in [4.69, 9.17) is 5.11 Å². The first-order valence-corrected chi connectivity index (χ1v) is 7.03. The van der Waals surface area contributed by atoms with Crippen molar-refractivity contribution in [3.05, 3.63) is 29.6 Å². The zero-order valence-electron chi connectivity index (χ0n) is 11.7. The Hall–Kier alpha value is -1.86. The van der Waals surface area contributed by atoms with Gasteiger partial charge < -0.3 is 10.4 Å². The number of nitrogens with one attached hydrogen (secondary N) is 1. The average molecular weight is 272 g/mol. The number of aliphatic hydroxyl groups excluding tert-OH is 1. The lowest BCUT2D eigenvalue weighted by Gasteiger charge is -2.11. The van der Waals surface area contributed by atoms with Gasteiger partial charge in [-0.2, -0.15) is 0 Å². The molecule has 2 unspecified atom stereocenters. The lowest BCUT2D eigenvalue weighted by molar-refractivity contribution is 0.0942. The summed E-state index contributed by atoms with van der Waals surface area (Å²) in [5.74, 6) is 6.45. The van der Waals surface area contributed by atoms with Crippen LogP contribution in [0.25, 0.3) is 0 Å². The van der Waals surface area contributed by atoms with Crippen LogP contribution in [0.2, 0.25) is 0 Å². The Morgan fingerprint density at radius 3 is 3.10 bits per heavy atom. The van der Waals surface area contributed by atoms with Crippen molar-refractivity contribution in [2.45, 2.75) is 26.2 Å². The smallest absolute Gasteiger partial charge is 0.271 e. The molecule has 0 radical (unpaired) electrons. The van der Waals surface area contributed by atoms with Crippen molar-refractivity contribution in [1.82, 2.24) is 10.3 Å². The molecule has 106 valence electrons. The van der Waals surface area contributed by atoms with Crippen LogP contribution in [0, 0.1) is 23.7 Å². The molecule has 1 aliphatic rings. The molecule has 0 saturated heterocycles. The third-order valence-electron chi connectivity index (χ3n) is 3.68. The van der Waals surface area contributed by atoms with Crippen molar-refractivity contribution in [2.24, 2.45) is 11.8 Å². The van der Waals surface area contributed by atoms with Crippen LogP contribution in [0.4, 0.5) is 0 Å². The Balaban J connectivity index is 1.98. The highest BCUT2D eigenvalue weighted by atomic mass is 16.2. The number of hydrogen-bond donors (Lipinski definition) is 2. The Kier molecular flexibility index (Phi) is 5.14. The van der Waals surface area contributed by atoms with E-state index in [0.717, 1.165) is 5.92 Å². The number of carbonyl (C=O) groups is 1. The second kappa shape index (κ2) is 7.06. The highest BCUT2D eigenvalue weighted by Crippen LogP contribution is 2.29. The number of hydrogen-bond acceptors (Lipinski definition) is 3. The van der Waals surface area contributed by atoms with Gasteiger partial charge in [0.15, 0.2) is 0 Å². The van der Waals surface area contributed by atoms with Gasteiger partial charge in [0.1, 0.15) is 12.3 Å². The minimum Gasteiger partial charge on any atom is -0.384 e. The van der Waals surface area contributed by atoms with Crippen molar-refractivity contribution < 1.29 is 9.90 Å². The first-order chi connectivity index (χ1) is 9.70. The van der Waals surface area contributed by atoms with E-state index in [1.165, 1.54) is 19.3 Å². The maximum atomic E-state index is 12.2. The maximum absolute atomic E-state index is 12.2. The van der Waals surface area contributed by atoms with E-state index in [1.807, 2.05) is 0 Å². The standard InChI is InChI=1S/C16H20N2O2/c1-12-6-7-13(10-12)11-18-16(20)15-14(5-3-9-19)4-2-8-17-15/h2,4,8,12-13,19H,6-7,9-11H2,1H3,(H,18,20). The molecule has 1 aliphatic carbocycles. The molecule has 1 fully saturated rings. The van der Waals surface area contributed by atoms with Crippen LogP contribution in [0.1, 0.15) is 42.2 Å². The van der Waals surface area contributed by atoms with Crippen molar-refractivity contribution in [2.75, 3.05) is 13.2 Å². The fraction of sp³-hybridized carbons (Fsp3) is 0.500. The Labute approximate surface area is 119 Å². The molecule has 20 heavy (non-hydrogen) atoms. The molecule has 1 saturated carbocycles. The van der Waals surface area contributed by atoms with E-state index in [9.17, 15) is 4.79 Å². The van der Waals surface area contributed by atoms with Gasteiger partial charge >= 0.3 is 0 Å². The molecule has 2 rings (SSSR count). The van der Waals surface area contributed by atoms with E-state index in [1.54, 1.807) is 18.3 Å². The summed E-state index contributed by atoms with van der Waals surface area (Å²) in [4.78, 5) is 16.3. The summed E-state index contributed by atoms with van der Waals surface area (Å²) in [6.45, 7) is 2.73. The summed E-state index contributed by atoms with van der Waals surface area (Å²) in [5.41, 5.74) is 0.887. The molecule has 1 aromatic heterocycles. The maximum Gasteiger partial charge on any atom is 0.271 e. The Morgan fingerprint density at radius 1 is 1.55 bits per heavy atom. The van der Waals surface area contributed by atoms with E-state index < -0.39 is 0 Å². The van der Waals surface area contributed by atoms with E-state index in [-0.39, 0.29) is 12.5 Å². The molecule has 0 aliphatic heterocycles. The number of rotatable bonds is 3. The fourth-order valence-corrected chi connectivity index (χ4v) is 2.65. The van der Waals surface area contributed by atoms with Crippen LogP contribution in [0.15, 0.2) is 18.3 Å². The van der Waals surface area contributed by atoms with Gasteiger partial charge in [0.25, 0.3) is 5.91 Å². The fourth-order valence-electron chi connectivity index (χ4n) is 2.65. The topological polar surface area (TPSA) is 62.2 Å². The molecule has 1 amide bonds. The Morgan fingerprint density at radius 2 is 2.40 bits per heavy atom. The average Bonchev–Trinajstić information content (AvgIpc) is 2.88. The summed E-state index contributed by atoms with van der Waals surface area (Å²) in [5, 5.41) is 11.7. The van der Waals surface area contributed by atoms with E-state index in [2.05, 4.69) is 29.1 Å². The van der Waals surface area contributed by atoms with Gasteiger partial charge in [-0.3, -0.25) is 4.79 Å². The van der Waals surface area contributed by atoms with E-state index >= 15 is 0 Å². The first-order valence-electron chi connectivity index (χ1n) is 7.03. The summed E-state index contributed by atoms with van der Waals surface area (Å²) < 4.78 is 0. The number of amides is 1. The Bertz CT molecular complexity index is 531. The van der Waals surface area contributed by atoms with Gasteiger partial charge in [-0.05, 0) is 36.8 Å². The second-order valence-electron chi connectivity index (χ2n) is 5.35. The monoisotopic (exact) mass is 272 g/mol. The summed E-state index contributed by atoms with van der Waals surface area (Å²) >= 11 is 0. The van der Waals surface area contributed by atoms with Crippen molar-refractivity contribution >= 4 is 5.91 Å². The molecule has 1 heterocycles. The number of pyridine rings is 1. The normalized spacial score (nSPS) is 21.1. The van der Waals surface area contributed by atoms with E-state index in [0.29, 0.717) is 23.7 Å². The number of aromatic nitrogens is 1. The van der Waals surface area contributed by atoms with Gasteiger partial charge in [0.2, 0.25) is 0 Å². The third-order valence-corrected chi connectivity index (χ3v) is 3.68. The van der Waals surface area contributed by atoms with Crippen LogP contribution < -0.4 is 5.32 Å². The SMILES string of the molecule is CC1CCC(CNC(=O)c2ncccc2C#CCO)C1. The van der Waals surface area contributed by atoms with Crippen molar-refractivity contribution in [3.63, 3.8) is 0 Å². The zero-order chi connectivity index (χ0) is 14.4. The van der Waals surface area contributed by atoms with Crippen LogP contribution in [-0.4, -0.2) is 29.1 Å². The number of nitrogens with zero attached hydrogens (tertiary/aromatic N) is 1. The molecule has 4 heteroatoms. The van der Waals surface area contributed by atoms with Gasteiger partial charge in [-0.25, -0.2) is 4.98 Å².